The predicted octanol–water partition coefficient (Wildman–Crippen LogP) is -0.988. The Balaban J connectivity index is 4.22. The molecule has 0 aromatic rings. The third kappa shape index (κ3) is 3.83. The van der Waals surface area contributed by atoms with Crippen molar-refractivity contribution in [2.24, 2.45) is 3.50 Å². The SMILES string of the molecule is O=C([N]=[W])[C](=[W])[C](O)=[W]. The summed E-state index contributed by atoms with van der Waals surface area (Å²) >= 11 is 2.78. The number of hydrogen-bond donors (Lipinski definition) is 1. The average Bonchev–Trinajstić information content (AvgIpc) is 1.84. The van der Waals surface area contributed by atoms with Gasteiger partial charge in [-0.2, -0.15) is 0 Å². The van der Waals surface area contributed by atoms with E-state index in [0.29, 0.717) is 3.90 Å². The summed E-state index contributed by atoms with van der Waals surface area (Å²) < 4.78 is 4.08. The normalized spacial score (nSPS) is 8.11. The number of amides is 1. The molecule has 0 aliphatic carbocycles. The van der Waals surface area contributed by atoms with E-state index in [2.05, 4.69) is 3.50 Å². The zero-order valence-electron chi connectivity index (χ0n) is 4.03. The fourth-order valence-corrected chi connectivity index (χ4v) is 1.84. The van der Waals surface area contributed by atoms with Gasteiger partial charge in [0.25, 0.3) is 0 Å². The van der Waals surface area contributed by atoms with Crippen LogP contribution in [0.2, 0.25) is 0 Å². The van der Waals surface area contributed by atoms with Gasteiger partial charge in [-0.3, -0.25) is 0 Å². The second kappa shape index (κ2) is 4.96. The first kappa shape index (κ1) is 10.2. The predicted molar refractivity (Wildman–Crippen MR) is 19.4 cm³/mol. The summed E-state index contributed by atoms with van der Waals surface area (Å²) in [5.74, 6) is -0.271. The second-order valence-corrected chi connectivity index (χ2v) is 4.54. The molecule has 6 heteroatoms. The summed E-state index contributed by atoms with van der Waals surface area (Å²) in [6, 6.07) is 0. The minimum absolute atomic E-state index is 0.167. The topological polar surface area (TPSA) is 49.7 Å². The van der Waals surface area contributed by atoms with Gasteiger partial charge < -0.3 is 0 Å². The first-order chi connectivity index (χ1) is 4.09. The van der Waals surface area contributed by atoms with Gasteiger partial charge in [-0.25, -0.2) is 0 Å². The maximum atomic E-state index is 10.6. The number of nitrogens with zero attached hydrogens (tertiary/aromatic N) is 1. The summed E-state index contributed by atoms with van der Waals surface area (Å²) in [4.78, 5) is 10.6. The zero-order chi connectivity index (χ0) is 7.44. The quantitative estimate of drug-likeness (QED) is 0.425. The first-order valence-corrected chi connectivity index (χ1v) is 5.99. The number of aliphatic hydroxyl groups excluding tert-OH is 1. The molecule has 9 heavy (non-hydrogen) atoms. The molecule has 0 radical (unpaired) electrons. The number of carbonyl (C=O) groups excluding carboxylic acids is 1. The van der Waals surface area contributed by atoms with Crippen molar-refractivity contribution in [2.45, 2.75) is 0 Å². The van der Waals surface area contributed by atoms with Crippen molar-refractivity contribution in [1.29, 1.82) is 0 Å². The fraction of sp³-hybridized carbons (Fsp3) is 0. The molecular formula is C3HNO2W3. The Hall–Kier alpha value is 1.23. The molecule has 0 aromatic heterocycles. The molecule has 1 N–H and O–H groups in total. The monoisotopic (exact) mass is 635 g/mol. The van der Waals surface area contributed by atoms with Crippen molar-refractivity contribution in [3.05, 3.63) is 0 Å². The Bertz CT molecular complexity index is 187. The van der Waals surface area contributed by atoms with Gasteiger partial charge in [0.05, 0.1) is 0 Å². The molecule has 0 aliphatic heterocycles. The van der Waals surface area contributed by atoms with Gasteiger partial charge in [0.1, 0.15) is 0 Å². The maximum absolute atomic E-state index is 10.6. The molecule has 0 unspecified atom stereocenters. The van der Waals surface area contributed by atoms with Crippen LogP contribution in [0, 0.1) is 0 Å². The molecule has 0 spiro atoms. The molecule has 0 heterocycles. The van der Waals surface area contributed by atoms with E-state index in [1.165, 1.54) is 0 Å². The van der Waals surface area contributed by atoms with E-state index in [0.717, 1.165) is 58.3 Å². The molecule has 1 amide bonds. The van der Waals surface area contributed by atoms with Crippen molar-refractivity contribution >= 4 is 13.9 Å². The third-order valence-corrected chi connectivity index (χ3v) is 5.14. The second-order valence-electron chi connectivity index (χ2n) is 1.03. The van der Waals surface area contributed by atoms with Crippen LogP contribution < -0.4 is 0 Å². The summed E-state index contributed by atoms with van der Waals surface area (Å²) in [5.41, 5.74) is 0. The van der Waals surface area contributed by atoms with Crippen LogP contribution in [-0.4, -0.2) is 19.0 Å². The Morgan fingerprint density at radius 3 is 2.00 bits per heavy atom. The van der Waals surface area contributed by atoms with Crippen LogP contribution in [0.4, 0.5) is 0 Å². The van der Waals surface area contributed by atoms with Crippen molar-refractivity contribution < 1.29 is 68.2 Å². The third-order valence-electron chi connectivity index (χ3n) is 0.471. The molecule has 48 valence electrons. The van der Waals surface area contributed by atoms with Crippen LogP contribution in [0.5, 0.6) is 0 Å². The summed E-state index contributed by atoms with van der Waals surface area (Å²) in [6.45, 7) is 0. The Kier molecular flexibility index (Phi) is 5.64. The van der Waals surface area contributed by atoms with Gasteiger partial charge in [0.15, 0.2) is 0 Å². The van der Waals surface area contributed by atoms with Gasteiger partial charge in [-0.15, -0.1) is 0 Å². The van der Waals surface area contributed by atoms with Crippen molar-refractivity contribution in [1.82, 2.24) is 0 Å². The molecule has 0 aliphatic rings. The molecule has 0 saturated carbocycles. The van der Waals surface area contributed by atoms with Crippen molar-refractivity contribution in [2.75, 3.05) is 0 Å². The number of carbonyl (C=O) groups is 1. The summed E-state index contributed by atoms with van der Waals surface area (Å²) in [6.07, 6.45) is 0. The Labute approximate surface area is 84.8 Å². The van der Waals surface area contributed by atoms with Gasteiger partial charge >= 0.3 is 85.6 Å². The van der Waals surface area contributed by atoms with Gasteiger partial charge in [-0.1, -0.05) is 0 Å². The van der Waals surface area contributed by atoms with E-state index in [1.54, 1.807) is 0 Å². The van der Waals surface area contributed by atoms with E-state index in [-0.39, 0.29) is 9.99 Å². The van der Waals surface area contributed by atoms with Crippen LogP contribution >= 0.6 is 0 Å². The summed E-state index contributed by atoms with van der Waals surface area (Å²) in [5, 5.41) is 8.79. The standard InChI is InChI=1S/C3HNO2.3W/c4-3(6)1-2-5;;;/h5H;;;. The minimum atomic E-state index is -0.271. The number of rotatable bonds is 2. The van der Waals surface area contributed by atoms with Gasteiger partial charge in [-0.05, 0) is 0 Å². The van der Waals surface area contributed by atoms with E-state index in [9.17, 15) is 4.79 Å². The molecule has 0 atom stereocenters. The van der Waals surface area contributed by atoms with Crippen LogP contribution in [0.15, 0.2) is 3.50 Å². The fourth-order valence-electron chi connectivity index (χ4n) is 0.133. The molecule has 0 bridgehead atoms. The molecule has 3 nitrogen and oxygen atoms in total. The summed E-state index contributed by atoms with van der Waals surface area (Å²) in [7, 11) is 0. The number of hydrogen-bond acceptors (Lipinski definition) is 2. The van der Waals surface area contributed by atoms with E-state index >= 15 is 0 Å². The van der Waals surface area contributed by atoms with Crippen LogP contribution in [-0.2, 0) is 63.1 Å². The van der Waals surface area contributed by atoms with Crippen LogP contribution in [0.1, 0.15) is 0 Å². The van der Waals surface area contributed by atoms with Gasteiger partial charge in [0.2, 0.25) is 0 Å². The van der Waals surface area contributed by atoms with Crippen molar-refractivity contribution in [3.63, 3.8) is 0 Å². The Morgan fingerprint density at radius 1 is 1.44 bits per heavy atom. The molecule has 0 saturated heterocycles. The first-order valence-electron chi connectivity index (χ1n) is 1.74. The van der Waals surface area contributed by atoms with Gasteiger partial charge in [0, 0.05) is 0 Å². The number of aliphatic hydroxyl groups is 1. The molecule has 0 rings (SSSR count). The average molecular weight is 635 g/mol. The Morgan fingerprint density at radius 2 is 1.89 bits per heavy atom. The van der Waals surface area contributed by atoms with E-state index in [1.807, 2.05) is 0 Å². The molecule has 0 aromatic carbocycles. The molecular weight excluding hydrogens is 634 g/mol. The zero-order valence-corrected chi connectivity index (χ0v) is 12.8. The van der Waals surface area contributed by atoms with Crippen LogP contribution in [0.3, 0.4) is 0 Å². The van der Waals surface area contributed by atoms with Crippen molar-refractivity contribution in [3.8, 4) is 0 Å². The molecule has 0 fully saturated rings. The van der Waals surface area contributed by atoms with Crippen LogP contribution in [0.25, 0.3) is 0 Å². The van der Waals surface area contributed by atoms with E-state index < -0.39 is 0 Å². The van der Waals surface area contributed by atoms with E-state index in [4.69, 9.17) is 5.11 Å².